The van der Waals surface area contributed by atoms with Crippen molar-refractivity contribution >= 4 is 12.9 Å². The van der Waals surface area contributed by atoms with E-state index >= 15 is 0 Å². The highest BCUT2D eigenvalue weighted by atomic mass is 16.1. The summed E-state index contributed by atoms with van der Waals surface area (Å²) in [5.41, 5.74) is 0. The van der Waals surface area contributed by atoms with E-state index in [1.165, 1.54) is 51.4 Å². The molecular formula is C17H30BO. The second-order valence-corrected chi connectivity index (χ2v) is 7.86. The molecule has 0 aliphatic heterocycles. The maximum absolute atomic E-state index is 11.9. The predicted octanol–water partition coefficient (Wildman–Crippen LogP) is 5.07. The van der Waals surface area contributed by atoms with Crippen molar-refractivity contribution in [2.75, 3.05) is 0 Å². The average molecular weight is 261 g/mol. The van der Waals surface area contributed by atoms with Gasteiger partial charge in [-0.15, -0.1) is 0 Å². The molecule has 0 amide bonds. The topological polar surface area (TPSA) is 17.1 Å². The third-order valence-corrected chi connectivity index (χ3v) is 6.89. The first kappa shape index (κ1) is 15.1. The lowest BCUT2D eigenvalue weighted by Crippen LogP contribution is -2.50. The van der Waals surface area contributed by atoms with Gasteiger partial charge in [-0.05, 0) is 22.5 Å². The zero-order valence-electron chi connectivity index (χ0n) is 13.3. The zero-order valence-corrected chi connectivity index (χ0v) is 13.3. The number of carbonyl (C=O) groups excluding carboxylic acids is 1. The SMILES string of the molecule is CC1CCCCC1(C)B([C]=O)C1(C)CCCCC1C. The van der Waals surface area contributed by atoms with Gasteiger partial charge in [0.25, 0.3) is 0 Å². The van der Waals surface area contributed by atoms with Crippen LogP contribution >= 0.6 is 0 Å². The maximum atomic E-state index is 11.9. The van der Waals surface area contributed by atoms with Crippen molar-refractivity contribution in [3.8, 4) is 0 Å². The molecule has 1 nitrogen and oxygen atoms in total. The van der Waals surface area contributed by atoms with Crippen molar-refractivity contribution in [3.63, 3.8) is 0 Å². The molecule has 0 bridgehead atoms. The summed E-state index contributed by atoms with van der Waals surface area (Å²) in [7, 11) is 0. The van der Waals surface area contributed by atoms with E-state index in [0.717, 1.165) is 0 Å². The van der Waals surface area contributed by atoms with Gasteiger partial charge < -0.3 is 4.79 Å². The van der Waals surface area contributed by atoms with E-state index in [1.54, 1.807) is 0 Å². The maximum Gasteiger partial charge on any atom is 0.245 e. The largest absolute Gasteiger partial charge is 0.304 e. The zero-order chi connectivity index (χ0) is 14.1. The summed E-state index contributed by atoms with van der Waals surface area (Å²) in [6, 6.07) is 0. The van der Waals surface area contributed by atoms with Gasteiger partial charge in [-0.1, -0.05) is 79.1 Å². The van der Waals surface area contributed by atoms with Crippen molar-refractivity contribution in [2.45, 2.75) is 89.7 Å². The molecule has 2 fully saturated rings. The van der Waals surface area contributed by atoms with Gasteiger partial charge in [-0.2, -0.15) is 0 Å². The molecule has 0 saturated heterocycles. The lowest BCUT2D eigenvalue weighted by Gasteiger charge is -2.52. The Bertz CT molecular complexity index is 301. The van der Waals surface area contributed by atoms with E-state index in [1.807, 2.05) is 0 Å². The van der Waals surface area contributed by atoms with E-state index in [4.69, 9.17) is 0 Å². The van der Waals surface area contributed by atoms with Crippen LogP contribution < -0.4 is 0 Å². The fourth-order valence-corrected chi connectivity index (χ4v) is 4.95. The molecule has 19 heavy (non-hydrogen) atoms. The van der Waals surface area contributed by atoms with Crippen LogP contribution in [0.3, 0.4) is 0 Å². The van der Waals surface area contributed by atoms with Crippen LogP contribution in [0.2, 0.25) is 10.6 Å². The Balaban J connectivity index is 2.29. The Morgan fingerprint density at radius 3 is 1.63 bits per heavy atom. The quantitative estimate of drug-likeness (QED) is 0.648. The highest BCUT2D eigenvalue weighted by Gasteiger charge is 2.54. The summed E-state index contributed by atoms with van der Waals surface area (Å²) in [6.45, 7) is 9.60. The molecular weight excluding hydrogens is 231 g/mol. The number of rotatable bonds is 3. The molecule has 0 aromatic rings. The summed E-state index contributed by atoms with van der Waals surface area (Å²) in [6.07, 6.45) is 12.8. The fraction of sp³-hybridized carbons (Fsp3) is 0.941. The fourth-order valence-electron chi connectivity index (χ4n) is 4.95. The van der Waals surface area contributed by atoms with Gasteiger partial charge in [0, 0.05) is 0 Å². The van der Waals surface area contributed by atoms with Crippen molar-refractivity contribution in [1.82, 2.24) is 0 Å². The Hall–Kier alpha value is -0.265. The van der Waals surface area contributed by atoms with Crippen molar-refractivity contribution in [3.05, 3.63) is 0 Å². The van der Waals surface area contributed by atoms with Crippen LogP contribution in [0.25, 0.3) is 0 Å². The van der Waals surface area contributed by atoms with E-state index in [0.29, 0.717) is 11.8 Å². The van der Waals surface area contributed by atoms with Crippen LogP contribution in [0.15, 0.2) is 0 Å². The monoisotopic (exact) mass is 261 g/mol. The molecule has 0 aromatic heterocycles. The summed E-state index contributed by atoms with van der Waals surface area (Å²) < 4.78 is 0. The second kappa shape index (κ2) is 5.62. The molecule has 107 valence electrons. The van der Waals surface area contributed by atoms with Crippen LogP contribution in [0.5, 0.6) is 0 Å². The van der Waals surface area contributed by atoms with Crippen molar-refractivity contribution in [2.24, 2.45) is 11.8 Å². The lowest BCUT2D eigenvalue weighted by atomic mass is 9.18. The van der Waals surface area contributed by atoms with Gasteiger partial charge in [0.2, 0.25) is 6.71 Å². The first-order valence-corrected chi connectivity index (χ1v) is 8.33. The molecule has 2 heteroatoms. The van der Waals surface area contributed by atoms with Crippen molar-refractivity contribution < 1.29 is 4.79 Å². The van der Waals surface area contributed by atoms with Gasteiger partial charge in [-0.25, -0.2) is 0 Å². The molecule has 0 N–H and O–H groups in total. The minimum Gasteiger partial charge on any atom is -0.304 e. The number of hydrogen-bond donors (Lipinski definition) is 0. The van der Waals surface area contributed by atoms with Crippen LogP contribution in [-0.4, -0.2) is 12.9 Å². The summed E-state index contributed by atoms with van der Waals surface area (Å²) in [5.74, 6) is 1.33. The van der Waals surface area contributed by atoms with E-state index in [9.17, 15) is 4.79 Å². The average Bonchev–Trinajstić information content (AvgIpc) is 2.38. The minimum atomic E-state index is 0.130. The van der Waals surface area contributed by atoms with Crippen LogP contribution in [0, 0.1) is 11.8 Å². The Kier molecular flexibility index (Phi) is 4.47. The molecule has 4 atom stereocenters. The molecule has 4 unspecified atom stereocenters. The van der Waals surface area contributed by atoms with Gasteiger partial charge in [-0.3, -0.25) is 0 Å². The predicted molar refractivity (Wildman–Crippen MR) is 83.4 cm³/mol. The molecule has 0 spiro atoms. The Labute approximate surface area is 120 Å². The standard InChI is InChI=1S/C17H30BO/c1-14-9-5-7-11-16(14,3)18(13-19)17(4)12-8-6-10-15(17)2/h14-15H,5-12H2,1-4H3. The van der Waals surface area contributed by atoms with Gasteiger partial charge >= 0.3 is 0 Å². The highest BCUT2D eigenvalue weighted by Crippen LogP contribution is 2.60. The first-order chi connectivity index (χ1) is 8.95. The third-order valence-electron chi connectivity index (χ3n) is 6.89. The normalized spacial score (nSPS) is 43.8. The Morgan fingerprint density at radius 1 is 0.895 bits per heavy atom. The van der Waals surface area contributed by atoms with E-state index in [-0.39, 0.29) is 17.3 Å². The van der Waals surface area contributed by atoms with Gasteiger partial charge in [0.15, 0.2) is 0 Å². The van der Waals surface area contributed by atoms with Crippen LogP contribution in [-0.2, 0) is 4.79 Å². The molecule has 0 heterocycles. The minimum absolute atomic E-state index is 0.130. The van der Waals surface area contributed by atoms with E-state index < -0.39 is 0 Å². The highest BCUT2D eigenvalue weighted by molar-refractivity contribution is 6.89. The Morgan fingerprint density at radius 2 is 1.32 bits per heavy atom. The molecule has 2 rings (SSSR count). The first-order valence-electron chi connectivity index (χ1n) is 8.33. The molecule has 0 aromatic carbocycles. The van der Waals surface area contributed by atoms with Gasteiger partial charge in [0.1, 0.15) is 6.19 Å². The van der Waals surface area contributed by atoms with Crippen molar-refractivity contribution in [1.29, 1.82) is 0 Å². The summed E-state index contributed by atoms with van der Waals surface area (Å²) in [5, 5.41) is 0.362. The lowest BCUT2D eigenvalue weighted by molar-refractivity contribution is 0.246. The molecule has 2 aliphatic rings. The summed E-state index contributed by atoms with van der Waals surface area (Å²) in [4.78, 5) is 11.9. The van der Waals surface area contributed by atoms with E-state index in [2.05, 4.69) is 33.9 Å². The van der Waals surface area contributed by atoms with Crippen LogP contribution in [0.4, 0.5) is 0 Å². The molecule has 1 radical (unpaired) electrons. The van der Waals surface area contributed by atoms with Crippen LogP contribution in [0.1, 0.15) is 79.1 Å². The number of hydrogen-bond acceptors (Lipinski definition) is 1. The molecule has 2 saturated carbocycles. The molecule has 2 aliphatic carbocycles. The summed E-state index contributed by atoms with van der Waals surface area (Å²) >= 11 is 0. The second-order valence-electron chi connectivity index (χ2n) is 7.86. The third kappa shape index (κ3) is 2.52. The van der Waals surface area contributed by atoms with Gasteiger partial charge in [0.05, 0.1) is 0 Å². The smallest absolute Gasteiger partial charge is 0.245 e.